The zero-order chi connectivity index (χ0) is 13.6. The third-order valence-electron chi connectivity index (χ3n) is 2.38. The Morgan fingerprint density at radius 3 is 2.44 bits per heavy atom. The first kappa shape index (κ1) is 14.7. The Morgan fingerprint density at radius 1 is 1.17 bits per heavy atom. The van der Waals surface area contributed by atoms with Crippen molar-refractivity contribution in [2.45, 2.75) is 45.7 Å². The molecule has 1 aromatic heterocycles. The quantitative estimate of drug-likeness (QED) is 0.849. The van der Waals surface area contributed by atoms with Crippen LogP contribution >= 0.6 is 0 Å². The lowest BCUT2D eigenvalue weighted by atomic mass is 10.2. The van der Waals surface area contributed by atoms with Gasteiger partial charge in [0, 0.05) is 18.3 Å². The predicted molar refractivity (Wildman–Crippen MR) is 64.4 cm³/mol. The Labute approximate surface area is 105 Å². The summed E-state index contributed by atoms with van der Waals surface area (Å²) >= 11 is 0. The largest absolute Gasteiger partial charge is 0.451 e. The molecular weight excluding hydrogens is 243 g/mol. The predicted octanol–water partition coefficient (Wildman–Crippen LogP) is 3.66. The molecule has 102 valence electrons. The average Bonchev–Trinajstić information content (AvgIpc) is 2.32. The molecule has 0 fully saturated rings. The smallest absolute Gasteiger partial charge is 0.370 e. The van der Waals surface area contributed by atoms with E-state index < -0.39 is 12.0 Å². The van der Waals surface area contributed by atoms with Gasteiger partial charge in [-0.05, 0) is 19.3 Å². The summed E-state index contributed by atoms with van der Waals surface area (Å²) in [5.41, 5.74) is 0.442. The maximum Gasteiger partial charge on any atom is 0.451 e. The number of unbranched alkanes of at least 4 members (excludes halogenated alkanes) is 1. The number of hydrogen-bond donors (Lipinski definition) is 1. The molecule has 1 aromatic rings. The molecule has 0 amide bonds. The van der Waals surface area contributed by atoms with Crippen LogP contribution in [0, 0.1) is 0 Å². The number of anilines is 1. The maximum absolute atomic E-state index is 12.6. The molecule has 1 N–H and O–H groups in total. The van der Waals surface area contributed by atoms with Gasteiger partial charge in [0.2, 0.25) is 5.82 Å². The lowest BCUT2D eigenvalue weighted by Gasteiger charge is -2.11. The van der Waals surface area contributed by atoms with Gasteiger partial charge in [-0.15, -0.1) is 0 Å². The number of aromatic nitrogens is 2. The minimum absolute atomic E-state index is 0.255. The SMILES string of the molecule is CCCCc1cc(NCCC)nc(C(F)(F)F)n1. The molecule has 1 heterocycles. The summed E-state index contributed by atoms with van der Waals surface area (Å²) in [5.74, 6) is -0.806. The first-order valence-corrected chi connectivity index (χ1v) is 6.16. The van der Waals surface area contributed by atoms with Gasteiger partial charge in [0.25, 0.3) is 0 Å². The number of rotatable bonds is 6. The first-order chi connectivity index (χ1) is 8.47. The van der Waals surface area contributed by atoms with E-state index >= 15 is 0 Å². The van der Waals surface area contributed by atoms with E-state index in [0.717, 1.165) is 19.3 Å². The van der Waals surface area contributed by atoms with Crippen molar-refractivity contribution in [3.05, 3.63) is 17.6 Å². The van der Waals surface area contributed by atoms with Gasteiger partial charge in [-0.1, -0.05) is 20.3 Å². The van der Waals surface area contributed by atoms with Gasteiger partial charge in [0.15, 0.2) is 0 Å². The van der Waals surface area contributed by atoms with E-state index in [1.165, 1.54) is 0 Å². The molecule has 6 heteroatoms. The van der Waals surface area contributed by atoms with Crippen LogP contribution in [-0.4, -0.2) is 16.5 Å². The normalized spacial score (nSPS) is 11.6. The average molecular weight is 261 g/mol. The number of halogens is 3. The Kier molecular flexibility index (Phi) is 5.37. The molecule has 3 nitrogen and oxygen atoms in total. The van der Waals surface area contributed by atoms with Crippen molar-refractivity contribution < 1.29 is 13.2 Å². The molecule has 0 aliphatic carbocycles. The van der Waals surface area contributed by atoms with Crippen LogP contribution < -0.4 is 5.32 Å². The van der Waals surface area contributed by atoms with Gasteiger partial charge in [0.1, 0.15) is 5.82 Å². The fraction of sp³-hybridized carbons (Fsp3) is 0.667. The number of hydrogen-bond acceptors (Lipinski definition) is 3. The summed E-state index contributed by atoms with van der Waals surface area (Å²) in [6, 6.07) is 1.60. The lowest BCUT2D eigenvalue weighted by Crippen LogP contribution is -2.15. The van der Waals surface area contributed by atoms with Crippen molar-refractivity contribution in [1.82, 2.24) is 9.97 Å². The summed E-state index contributed by atoms with van der Waals surface area (Å²) in [6.07, 6.45) is -1.38. The first-order valence-electron chi connectivity index (χ1n) is 6.16. The van der Waals surface area contributed by atoms with Crippen LogP contribution in [0.1, 0.15) is 44.6 Å². The summed E-state index contributed by atoms with van der Waals surface area (Å²) in [5, 5.41) is 2.87. The second-order valence-electron chi connectivity index (χ2n) is 4.10. The highest BCUT2D eigenvalue weighted by molar-refractivity contribution is 5.36. The Hall–Kier alpha value is -1.33. The van der Waals surface area contributed by atoms with Crippen molar-refractivity contribution in [3.63, 3.8) is 0 Å². The van der Waals surface area contributed by atoms with E-state index in [-0.39, 0.29) is 5.82 Å². The monoisotopic (exact) mass is 261 g/mol. The van der Waals surface area contributed by atoms with Crippen molar-refractivity contribution in [1.29, 1.82) is 0 Å². The van der Waals surface area contributed by atoms with E-state index in [1.807, 2.05) is 13.8 Å². The standard InChI is InChI=1S/C12H18F3N3/c1-3-5-6-9-8-10(16-7-4-2)18-11(17-9)12(13,14)15/h8H,3-7H2,1-2H3,(H,16,17,18). The molecule has 0 spiro atoms. The van der Waals surface area contributed by atoms with E-state index in [0.29, 0.717) is 18.7 Å². The number of alkyl halides is 3. The zero-order valence-electron chi connectivity index (χ0n) is 10.6. The minimum atomic E-state index is -4.50. The molecule has 0 unspecified atom stereocenters. The maximum atomic E-state index is 12.6. The zero-order valence-corrected chi connectivity index (χ0v) is 10.6. The van der Waals surface area contributed by atoms with E-state index in [4.69, 9.17) is 0 Å². The highest BCUT2D eigenvalue weighted by Gasteiger charge is 2.35. The third kappa shape index (κ3) is 4.50. The van der Waals surface area contributed by atoms with Gasteiger partial charge in [0.05, 0.1) is 0 Å². The molecule has 18 heavy (non-hydrogen) atoms. The van der Waals surface area contributed by atoms with Crippen LogP contribution in [0.15, 0.2) is 6.07 Å². The minimum Gasteiger partial charge on any atom is -0.370 e. The van der Waals surface area contributed by atoms with E-state index in [9.17, 15) is 13.2 Å². The summed E-state index contributed by atoms with van der Waals surface area (Å²) in [6.45, 7) is 4.53. The van der Waals surface area contributed by atoms with Crippen molar-refractivity contribution in [3.8, 4) is 0 Å². The number of nitrogens with zero attached hydrogens (tertiary/aromatic N) is 2. The second kappa shape index (κ2) is 6.56. The van der Waals surface area contributed by atoms with E-state index in [1.54, 1.807) is 6.07 Å². The second-order valence-corrected chi connectivity index (χ2v) is 4.10. The summed E-state index contributed by atoms with van der Waals surface area (Å²) in [4.78, 5) is 7.08. The highest BCUT2D eigenvalue weighted by Crippen LogP contribution is 2.27. The molecule has 0 aliphatic rings. The number of nitrogens with one attached hydrogen (secondary N) is 1. The van der Waals surface area contributed by atoms with Crippen LogP contribution in [0.5, 0.6) is 0 Å². The lowest BCUT2D eigenvalue weighted by molar-refractivity contribution is -0.145. The van der Waals surface area contributed by atoms with Crippen LogP contribution in [0.2, 0.25) is 0 Å². The molecular formula is C12H18F3N3. The molecule has 0 aromatic carbocycles. The van der Waals surface area contributed by atoms with Crippen LogP contribution in [0.3, 0.4) is 0 Å². The van der Waals surface area contributed by atoms with Crippen LogP contribution in [-0.2, 0) is 12.6 Å². The fourth-order valence-corrected chi connectivity index (χ4v) is 1.45. The highest BCUT2D eigenvalue weighted by atomic mass is 19.4. The van der Waals surface area contributed by atoms with Crippen molar-refractivity contribution in [2.75, 3.05) is 11.9 Å². The fourth-order valence-electron chi connectivity index (χ4n) is 1.45. The number of aryl methyl sites for hydroxylation is 1. The van der Waals surface area contributed by atoms with Gasteiger partial charge in [-0.2, -0.15) is 13.2 Å². The topological polar surface area (TPSA) is 37.8 Å². The van der Waals surface area contributed by atoms with Crippen LogP contribution in [0.4, 0.5) is 19.0 Å². The molecule has 0 radical (unpaired) electrons. The molecule has 0 saturated carbocycles. The summed E-state index contributed by atoms with van der Waals surface area (Å²) in [7, 11) is 0. The van der Waals surface area contributed by atoms with Gasteiger partial charge in [-0.3, -0.25) is 0 Å². The molecule has 0 saturated heterocycles. The third-order valence-corrected chi connectivity index (χ3v) is 2.38. The summed E-state index contributed by atoms with van der Waals surface area (Å²) < 4.78 is 37.9. The van der Waals surface area contributed by atoms with Gasteiger partial charge < -0.3 is 5.32 Å². The molecule has 0 aliphatic heterocycles. The van der Waals surface area contributed by atoms with Gasteiger partial charge >= 0.3 is 6.18 Å². The Bertz CT molecular complexity index is 351. The van der Waals surface area contributed by atoms with E-state index in [2.05, 4.69) is 15.3 Å². The molecule has 1 rings (SSSR count). The van der Waals surface area contributed by atoms with Crippen molar-refractivity contribution >= 4 is 5.82 Å². The van der Waals surface area contributed by atoms with Crippen LogP contribution in [0.25, 0.3) is 0 Å². The molecule has 0 bridgehead atoms. The van der Waals surface area contributed by atoms with Crippen molar-refractivity contribution in [2.24, 2.45) is 0 Å². The Balaban J connectivity index is 2.96. The van der Waals surface area contributed by atoms with Gasteiger partial charge in [-0.25, -0.2) is 9.97 Å². The molecule has 0 atom stereocenters. The Morgan fingerprint density at radius 2 is 1.89 bits per heavy atom.